The van der Waals surface area contributed by atoms with Crippen molar-refractivity contribution in [3.63, 3.8) is 0 Å². The highest BCUT2D eigenvalue weighted by atomic mass is 79.9. The first-order valence-corrected chi connectivity index (χ1v) is 6.09. The molecule has 0 aliphatic heterocycles. The Morgan fingerprint density at radius 3 is 2.56 bits per heavy atom. The summed E-state index contributed by atoms with van der Waals surface area (Å²) >= 11 is 3.45. The van der Waals surface area contributed by atoms with Crippen LogP contribution in [0.25, 0.3) is 10.8 Å². The van der Waals surface area contributed by atoms with Crippen molar-refractivity contribution in [1.29, 1.82) is 0 Å². The average molecular weight is 278 g/mol. The van der Waals surface area contributed by atoms with E-state index in [0.29, 0.717) is 5.75 Å². The minimum atomic E-state index is -0.291. The van der Waals surface area contributed by atoms with Gasteiger partial charge in [0.05, 0.1) is 0 Å². The number of hydrogen-bond acceptors (Lipinski definition) is 2. The molecule has 0 bridgehead atoms. The quantitative estimate of drug-likeness (QED) is 0.841. The topological polar surface area (TPSA) is 46.2 Å². The fraction of sp³-hybridized carbons (Fsp3) is 0.231. The Labute approximate surface area is 102 Å². The van der Waals surface area contributed by atoms with Gasteiger partial charge < -0.3 is 10.8 Å². The van der Waals surface area contributed by atoms with Gasteiger partial charge in [-0.1, -0.05) is 22.0 Å². The van der Waals surface area contributed by atoms with Crippen molar-refractivity contribution in [3.8, 4) is 5.75 Å². The maximum absolute atomic E-state index is 9.96. The Bertz CT molecular complexity index is 575. The second-order valence-electron chi connectivity index (χ2n) is 4.52. The molecule has 3 N–H and O–H groups in total. The Kier molecular flexibility index (Phi) is 2.03. The first kappa shape index (κ1) is 10.1. The molecule has 0 amide bonds. The number of fused-ring (bicyclic) bond motifs is 1. The molecule has 3 rings (SSSR count). The van der Waals surface area contributed by atoms with Crippen LogP contribution in [0.4, 0.5) is 0 Å². The summed E-state index contributed by atoms with van der Waals surface area (Å²) in [5, 5.41) is 12.1. The molecule has 1 aliphatic carbocycles. The summed E-state index contributed by atoms with van der Waals surface area (Å²) in [6.45, 7) is 0. The van der Waals surface area contributed by atoms with Crippen molar-refractivity contribution in [1.82, 2.24) is 0 Å². The van der Waals surface area contributed by atoms with Crippen LogP contribution < -0.4 is 5.73 Å². The summed E-state index contributed by atoms with van der Waals surface area (Å²) in [6.07, 6.45) is 1.92. The number of hydrogen-bond donors (Lipinski definition) is 2. The van der Waals surface area contributed by atoms with Gasteiger partial charge in [-0.2, -0.15) is 0 Å². The van der Waals surface area contributed by atoms with Gasteiger partial charge in [0, 0.05) is 15.6 Å². The second kappa shape index (κ2) is 3.22. The van der Waals surface area contributed by atoms with Crippen LogP contribution in [-0.2, 0) is 5.54 Å². The summed E-state index contributed by atoms with van der Waals surface area (Å²) < 4.78 is 1.04. The molecule has 0 atom stereocenters. The Morgan fingerprint density at radius 1 is 1.12 bits per heavy atom. The maximum Gasteiger partial charge on any atom is 0.121 e. The molecule has 0 unspecified atom stereocenters. The molecule has 1 fully saturated rings. The number of benzene rings is 2. The van der Waals surface area contributed by atoms with Crippen molar-refractivity contribution in [2.75, 3.05) is 0 Å². The van der Waals surface area contributed by atoms with Crippen LogP contribution in [0.1, 0.15) is 18.4 Å². The Hall–Kier alpha value is -1.06. The summed E-state index contributed by atoms with van der Waals surface area (Å²) in [5.74, 6) is 0.315. The average Bonchev–Trinajstić information content (AvgIpc) is 2.97. The van der Waals surface area contributed by atoms with Crippen molar-refractivity contribution in [2.24, 2.45) is 5.73 Å². The predicted molar refractivity (Wildman–Crippen MR) is 68.4 cm³/mol. The first-order valence-electron chi connectivity index (χ1n) is 5.30. The van der Waals surface area contributed by atoms with E-state index in [1.165, 1.54) is 0 Å². The Balaban J connectivity index is 2.27. The Morgan fingerprint density at radius 2 is 1.88 bits per heavy atom. The molecule has 1 aliphatic rings. The number of rotatable bonds is 1. The van der Waals surface area contributed by atoms with Crippen LogP contribution in [-0.4, -0.2) is 5.11 Å². The highest BCUT2D eigenvalue weighted by molar-refractivity contribution is 9.10. The second-order valence-corrected chi connectivity index (χ2v) is 5.43. The summed E-state index contributed by atoms with van der Waals surface area (Å²) in [4.78, 5) is 0. The highest BCUT2D eigenvalue weighted by Crippen LogP contribution is 2.47. The van der Waals surface area contributed by atoms with Gasteiger partial charge in [0.1, 0.15) is 5.75 Å². The summed E-state index contributed by atoms with van der Waals surface area (Å²) in [6, 6.07) is 9.80. The molecule has 0 heterocycles. The van der Waals surface area contributed by atoms with E-state index < -0.39 is 0 Å². The van der Waals surface area contributed by atoms with Gasteiger partial charge in [-0.3, -0.25) is 0 Å². The van der Waals surface area contributed by atoms with E-state index in [0.717, 1.165) is 33.7 Å². The van der Waals surface area contributed by atoms with Crippen LogP contribution in [0.5, 0.6) is 5.75 Å². The molecule has 0 saturated heterocycles. The molecule has 82 valence electrons. The third-order valence-corrected chi connectivity index (χ3v) is 3.74. The lowest BCUT2D eigenvalue weighted by Crippen LogP contribution is -2.18. The van der Waals surface area contributed by atoms with Crippen molar-refractivity contribution >= 4 is 26.7 Å². The first-order chi connectivity index (χ1) is 7.58. The molecule has 3 heteroatoms. The number of nitrogens with two attached hydrogens (primary N) is 1. The van der Waals surface area contributed by atoms with E-state index in [-0.39, 0.29) is 5.54 Å². The zero-order valence-corrected chi connectivity index (χ0v) is 10.3. The van der Waals surface area contributed by atoms with Crippen molar-refractivity contribution in [2.45, 2.75) is 18.4 Å². The lowest BCUT2D eigenvalue weighted by Gasteiger charge is -2.12. The van der Waals surface area contributed by atoms with E-state index in [4.69, 9.17) is 5.73 Å². The molecular formula is C13H12BrNO. The standard InChI is InChI=1S/C13H12BrNO/c14-10-2-1-8-7-12(16)11(6-9(8)5-10)13(15)3-4-13/h1-2,5-7,16H,3-4,15H2. The number of phenols is 1. The number of phenolic OH excluding ortho intramolecular Hbond substituents is 1. The van der Waals surface area contributed by atoms with Gasteiger partial charge in [-0.25, -0.2) is 0 Å². The zero-order valence-electron chi connectivity index (χ0n) is 8.70. The van der Waals surface area contributed by atoms with Gasteiger partial charge in [-0.15, -0.1) is 0 Å². The van der Waals surface area contributed by atoms with Crippen LogP contribution in [0.15, 0.2) is 34.8 Å². The zero-order chi connectivity index (χ0) is 11.3. The van der Waals surface area contributed by atoms with Gasteiger partial charge >= 0.3 is 0 Å². The lowest BCUT2D eigenvalue weighted by atomic mass is 9.99. The summed E-state index contributed by atoms with van der Waals surface area (Å²) in [5.41, 5.74) is 6.71. The number of halogens is 1. The minimum absolute atomic E-state index is 0.291. The van der Waals surface area contributed by atoms with E-state index in [9.17, 15) is 5.11 Å². The molecule has 0 spiro atoms. The molecular weight excluding hydrogens is 266 g/mol. The molecule has 0 radical (unpaired) electrons. The number of aromatic hydroxyl groups is 1. The largest absolute Gasteiger partial charge is 0.508 e. The molecule has 1 saturated carbocycles. The SMILES string of the molecule is NC1(c2cc3cc(Br)ccc3cc2O)CC1. The smallest absolute Gasteiger partial charge is 0.121 e. The molecule has 2 nitrogen and oxygen atoms in total. The van der Waals surface area contributed by atoms with Crippen LogP contribution in [0, 0.1) is 0 Å². The van der Waals surface area contributed by atoms with E-state index >= 15 is 0 Å². The summed E-state index contributed by atoms with van der Waals surface area (Å²) in [7, 11) is 0. The highest BCUT2D eigenvalue weighted by Gasteiger charge is 2.42. The maximum atomic E-state index is 9.96. The van der Waals surface area contributed by atoms with E-state index in [1.807, 2.05) is 24.3 Å². The van der Waals surface area contributed by atoms with Crippen molar-refractivity contribution < 1.29 is 5.11 Å². The predicted octanol–water partition coefficient (Wildman–Crippen LogP) is 3.26. The van der Waals surface area contributed by atoms with Crippen LogP contribution in [0.3, 0.4) is 0 Å². The molecule has 16 heavy (non-hydrogen) atoms. The van der Waals surface area contributed by atoms with Crippen LogP contribution >= 0.6 is 15.9 Å². The van der Waals surface area contributed by atoms with E-state index in [1.54, 1.807) is 6.07 Å². The van der Waals surface area contributed by atoms with E-state index in [2.05, 4.69) is 15.9 Å². The third-order valence-electron chi connectivity index (χ3n) is 3.24. The minimum Gasteiger partial charge on any atom is -0.508 e. The van der Waals surface area contributed by atoms with Crippen LogP contribution in [0.2, 0.25) is 0 Å². The normalized spacial score (nSPS) is 17.6. The van der Waals surface area contributed by atoms with Gasteiger partial charge in [0.15, 0.2) is 0 Å². The van der Waals surface area contributed by atoms with Gasteiger partial charge in [0.25, 0.3) is 0 Å². The van der Waals surface area contributed by atoms with Gasteiger partial charge in [-0.05, 0) is 47.9 Å². The van der Waals surface area contributed by atoms with Crippen molar-refractivity contribution in [3.05, 3.63) is 40.4 Å². The monoisotopic (exact) mass is 277 g/mol. The molecule has 2 aromatic rings. The molecule has 2 aromatic carbocycles. The fourth-order valence-electron chi connectivity index (χ4n) is 2.06. The molecule has 0 aromatic heterocycles. The van der Waals surface area contributed by atoms with Gasteiger partial charge in [0.2, 0.25) is 0 Å². The third kappa shape index (κ3) is 1.51. The lowest BCUT2D eigenvalue weighted by molar-refractivity contribution is 0.461. The fourth-order valence-corrected chi connectivity index (χ4v) is 2.44.